The van der Waals surface area contributed by atoms with Gasteiger partial charge in [-0.15, -0.1) is 0 Å². The highest BCUT2D eigenvalue weighted by Gasteiger charge is 1.88. The zero-order chi connectivity index (χ0) is 15.0. The summed E-state index contributed by atoms with van der Waals surface area (Å²) in [6.07, 6.45) is 0.469. The second-order valence-electron chi connectivity index (χ2n) is 3.26. The Morgan fingerprint density at radius 2 is 1.10 bits per heavy atom. The van der Waals surface area contributed by atoms with Gasteiger partial charge in [-0.05, 0) is 20.8 Å². The predicted octanol–water partition coefficient (Wildman–Crippen LogP) is 2.58. The van der Waals surface area contributed by atoms with E-state index in [1.165, 1.54) is 7.11 Å². The van der Waals surface area contributed by atoms with Crippen LogP contribution in [0.1, 0.15) is 35.6 Å². The van der Waals surface area contributed by atoms with Crippen molar-refractivity contribution in [3.05, 3.63) is 0 Å². The standard InChI is InChI=1S/C4H9BO.C4H10O2.C3H7BO2.2CH4/c1-4(3-5)6-2;1-4(5-2)6-3;1-3(5-2)6-4;;/h4H,3H2,1-2H3;4H,1-3H3;3H,1-2H3;2*1H4. The molecule has 122 valence electrons. The first-order valence-electron chi connectivity index (χ1n) is 5.60. The molecule has 0 heterocycles. The summed E-state index contributed by atoms with van der Waals surface area (Å²) >= 11 is 0. The molecule has 0 amide bonds. The van der Waals surface area contributed by atoms with Gasteiger partial charge in [-0.25, -0.2) is 0 Å². The van der Waals surface area contributed by atoms with Crippen molar-refractivity contribution in [3.63, 3.8) is 0 Å². The van der Waals surface area contributed by atoms with Gasteiger partial charge in [-0.2, -0.15) is 0 Å². The van der Waals surface area contributed by atoms with Crippen molar-refractivity contribution in [2.75, 3.05) is 28.4 Å². The Labute approximate surface area is 129 Å². The lowest BCUT2D eigenvalue weighted by atomic mass is 10.0. The Morgan fingerprint density at radius 3 is 1.10 bits per heavy atom. The summed E-state index contributed by atoms with van der Waals surface area (Å²) in [4.78, 5) is 0. The maximum atomic E-state index is 5.16. The molecule has 0 rings (SSSR count). The van der Waals surface area contributed by atoms with Gasteiger partial charge in [0.1, 0.15) is 6.29 Å². The molecule has 2 unspecified atom stereocenters. The second-order valence-corrected chi connectivity index (χ2v) is 3.26. The van der Waals surface area contributed by atoms with Gasteiger partial charge in [0, 0.05) is 34.5 Å². The molecule has 0 N–H and O–H groups in total. The molecule has 0 aliphatic rings. The molecule has 4 radical (unpaired) electrons. The van der Waals surface area contributed by atoms with Crippen molar-refractivity contribution in [2.45, 2.75) is 60.6 Å². The largest absolute Gasteiger partial charge is 0.425 e. The van der Waals surface area contributed by atoms with E-state index in [4.69, 9.17) is 12.6 Å². The van der Waals surface area contributed by atoms with Gasteiger partial charge in [-0.1, -0.05) is 21.2 Å². The highest BCUT2D eigenvalue weighted by Crippen LogP contribution is 1.88. The Bertz CT molecular complexity index is 106. The highest BCUT2D eigenvalue weighted by atomic mass is 16.7. The number of rotatable bonds is 6. The van der Waals surface area contributed by atoms with E-state index >= 15 is 0 Å². The van der Waals surface area contributed by atoms with Crippen LogP contribution in [0.15, 0.2) is 0 Å². The molecular formula is C13H34B2O5. The van der Waals surface area contributed by atoms with E-state index in [0.717, 1.165) is 0 Å². The van der Waals surface area contributed by atoms with Crippen molar-refractivity contribution in [1.29, 1.82) is 0 Å². The fourth-order valence-corrected chi connectivity index (χ4v) is 0.248. The van der Waals surface area contributed by atoms with Crippen molar-refractivity contribution in [1.82, 2.24) is 0 Å². The van der Waals surface area contributed by atoms with Gasteiger partial charge in [-0.3, -0.25) is 0 Å². The van der Waals surface area contributed by atoms with Crippen LogP contribution in [0.5, 0.6) is 0 Å². The Morgan fingerprint density at radius 1 is 0.750 bits per heavy atom. The molecule has 0 aromatic heterocycles. The van der Waals surface area contributed by atoms with Gasteiger partial charge in [0.25, 0.3) is 8.05 Å². The van der Waals surface area contributed by atoms with Gasteiger partial charge >= 0.3 is 0 Å². The topological polar surface area (TPSA) is 46.2 Å². The van der Waals surface area contributed by atoms with Gasteiger partial charge < -0.3 is 23.6 Å². The average Bonchev–Trinajstić information content (AvgIpc) is 2.45. The molecule has 0 aromatic carbocycles. The third kappa shape index (κ3) is 36.1. The van der Waals surface area contributed by atoms with Gasteiger partial charge in [0.15, 0.2) is 6.29 Å². The molecule has 0 spiro atoms. The van der Waals surface area contributed by atoms with E-state index in [1.54, 1.807) is 28.3 Å². The smallest absolute Gasteiger partial charge is 0.286 e. The summed E-state index contributed by atoms with van der Waals surface area (Å²) in [5, 5.41) is 0. The fraction of sp³-hybridized carbons (Fsp3) is 1.00. The van der Waals surface area contributed by atoms with Crippen molar-refractivity contribution >= 4 is 15.9 Å². The summed E-state index contributed by atoms with van der Waals surface area (Å²) in [6.45, 7) is 5.47. The maximum Gasteiger partial charge on any atom is 0.286 e. The van der Waals surface area contributed by atoms with Gasteiger partial charge in [0.05, 0.1) is 7.85 Å². The quantitative estimate of drug-likeness (QED) is 0.556. The summed E-state index contributed by atoms with van der Waals surface area (Å²) < 4.78 is 22.9. The molecule has 7 heteroatoms. The lowest BCUT2D eigenvalue weighted by Crippen LogP contribution is -2.06. The molecule has 0 bridgehead atoms. The molecule has 5 nitrogen and oxygen atoms in total. The SMILES string of the molecule is C.C.COC(C)OC.[B]CC(C)OC.[B]OC(C)OC. The first kappa shape index (κ1) is 32.0. The first-order valence-corrected chi connectivity index (χ1v) is 5.60. The van der Waals surface area contributed by atoms with E-state index < -0.39 is 0 Å². The van der Waals surface area contributed by atoms with E-state index in [2.05, 4.69) is 26.9 Å². The minimum Gasteiger partial charge on any atom is -0.425 e. The van der Waals surface area contributed by atoms with Crippen LogP contribution in [0.25, 0.3) is 0 Å². The lowest BCUT2D eigenvalue weighted by molar-refractivity contribution is -0.0877. The third-order valence-electron chi connectivity index (χ3n) is 1.92. The minimum absolute atomic E-state index is 0. The summed E-state index contributed by atoms with van der Waals surface area (Å²) in [7, 11) is 16.2. The summed E-state index contributed by atoms with van der Waals surface area (Å²) in [6, 6.07) is 0. The Hall–Kier alpha value is -0.0701. The zero-order valence-corrected chi connectivity index (χ0v) is 12.6. The van der Waals surface area contributed by atoms with Crippen LogP contribution < -0.4 is 0 Å². The molecule has 2 atom stereocenters. The van der Waals surface area contributed by atoms with Crippen LogP contribution >= 0.6 is 0 Å². The van der Waals surface area contributed by atoms with Crippen molar-refractivity contribution in [3.8, 4) is 0 Å². The number of ether oxygens (including phenoxy) is 4. The molecular weight excluding hydrogens is 258 g/mol. The zero-order valence-electron chi connectivity index (χ0n) is 12.6. The minimum atomic E-state index is -0.287. The highest BCUT2D eigenvalue weighted by molar-refractivity contribution is 6.08. The predicted molar refractivity (Wildman–Crippen MR) is 87.3 cm³/mol. The van der Waals surface area contributed by atoms with Crippen LogP contribution in [-0.2, 0) is 23.6 Å². The average molecular weight is 292 g/mol. The van der Waals surface area contributed by atoms with Crippen LogP contribution in [0.3, 0.4) is 0 Å². The summed E-state index contributed by atoms with van der Waals surface area (Å²) in [5.74, 6) is 0. The van der Waals surface area contributed by atoms with Gasteiger partial charge in [0.2, 0.25) is 0 Å². The molecule has 0 fully saturated rings. The molecule has 0 saturated heterocycles. The molecule has 0 saturated carbocycles. The van der Waals surface area contributed by atoms with E-state index in [1.807, 2.05) is 13.8 Å². The number of hydrogen-bond donors (Lipinski definition) is 0. The molecule has 0 aliphatic carbocycles. The monoisotopic (exact) mass is 292 g/mol. The van der Waals surface area contributed by atoms with Crippen molar-refractivity contribution < 1.29 is 23.6 Å². The molecule has 0 aromatic rings. The fourth-order valence-electron chi connectivity index (χ4n) is 0.248. The lowest BCUT2D eigenvalue weighted by Gasteiger charge is -2.04. The van der Waals surface area contributed by atoms with E-state index in [9.17, 15) is 0 Å². The second kappa shape index (κ2) is 27.3. The Balaban J connectivity index is -0.0000000536. The molecule has 0 aliphatic heterocycles. The maximum absolute atomic E-state index is 5.16. The third-order valence-corrected chi connectivity index (χ3v) is 1.92. The van der Waals surface area contributed by atoms with Crippen LogP contribution in [0.4, 0.5) is 0 Å². The van der Waals surface area contributed by atoms with E-state index in [0.29, 0.717) is 6.32 Å². The van der Waals surface area contributed by atoms with Crippen molar-refractivity contribution in [2.24, 2.45) is 0 Å². The first-order chi connectivity index (χ1) is 8.42. The van der Waals surface area contributed by atoms with Crippen LogP contribution in [0, 0.1) is 0 Å². The normalized spacial score (nSPS) is 11.6. The number of methoxy groups -OCH3 is 4. The van der Waals surface area contributed by atoms with Crippen LogP contribution in [0.2, 0.25) is 6.32 Å². The Kier molecular flexibility index (Phi) is 43.7. The van der Waals surface area contributed by atoms with Crippen LogP contribution in [-0.4, -0.2) is 63.0 Å². The van der Waals surface area contributed by atoms with E-state index in [-0.39, 0.29) is 33.5 Å². The number of hydrogen-bond acceptors (Lipinski definition) is 5. The summed E-state index contributed by atoms with van der Waals surface area (Å²) in [5.41, 5.74) is 0. The molecule has 20 heavy (non-hydrogen) atoms.